The van der Waals surface area contributed by atoms with E-state index >= 15 is 0 Å². The lowest BCUT2D eigenvalue weighted by Crippen LogP contribution is -2.33. The molecule has 2 rings (SSSR count). The second-order valence-electron chi connectivity index (χ2n) is 5.36. The van der Waals surface area contributed by atoms with E-state index in [9.17, 15) is 18.9 Å². The average Bonchev–Trinajstić information content (AvgIpc) is 3.04. The molecule has 1 aromatic heterocycles. The van der Waals surface area contributed by atoms with Crippen molar-refractivity contribution in [1.82, 2.24) is 14.6 Å². The van der Waals surface area contributed by atoms with Gasteiger partial charge in [0.05, 0.1) is 7.11 Å². The number of hydrogen-bond acceptors (Lipinski definition) is 7. The summed E-state index contributed by atoms with van der Waals surface area (Å²) in [6, 6.07) is -0.774. The van der Waals surface area contributed by atoms with Gasteiger partial charge in [-0.2, -0.15) is 0 Å². The smallest absolute Gasteiger partial charge is 0.468 e. The number of ether oxygens (including phenoxy) is 2. The summed E-state index contributed by atoms with van der Waals surface area (Å²) in [4.78, 5) is 36.6. The highest BCUT2D eigenvalue weighted by Gasteiger charge is 2.30. The summed E-state index contributed by atoms with van der Waals surface area (Å²) < 4.78 is 28.2. The van der Waals surface area contributed by atoms with Gasteiger partial charge < -0.3 is 9.47 Å². The fourth-order valence-corrected chi connectivity index (χ4v) is 2.86. The van der Waals surface area contributed by atoms with E-state index in [0.717, 1.165) is 0 Å². The Balaban J connectivity index is 1.88. The lowest BCUT2D eigenvalue weighted by Gasteiger charge is -2.15. The van der Waals surface area contributed by atoms with Crippen molar-refractivity contribution < 1.29 is 23.4 Å². The molecule has 4 atom stereocenters. The van der Waals surface area contributed by atoms with Gasteiger partial charge in [0.2, 0.25) is 0 Å². The molecular weight excluding hydrogens is 353 g/mol. The minimum Gasteiger partial charge on any atom is -0.468 e. The highest BCUT2D eigenvalue weighted by molar-refractivity contribution is 7.36. The summed E-state index contributed by atoms with van der Waals surface area (Å²) in [5.41, 5.74) is -0.669. The largest absolute Gasteiger partial charge is 0.613 e. The molecule has 136 valence electrons. The highest BCUT2D eigenvalue weighted by Crippen LogP contribution is 2.24. The minimum absolute atomic E-state index is 0.0415. The number of H-pyrrole nitrogens is 1. The molecule has 11 heteroatoms. The van der Waals surface area contributed by atoms with E-state index in [-0.39, 0.29) is 6.61 Å². The first kappa shape index (κ1) is 19.2. The van der Waals surface area contributed by atoms with Crippen LogP contribution in [0.25, 0.3) is 0 Å². The van der Waals surface area contributed by atoms with Gasteiger partial charge in [0.15, 0.2) is 6.23 Å². The molecular formula is C14H19N3O7P+. The lowest BCUT2D eigenvalue weighted by molar-refractivity contribution is -0.142. The molecule has 10 nitrogen and oxygen atoms in total. The van der Waals surface area contributed by atoms with Crippen LogP contribution in [0.4, 0.5) is 0 Å². The van der Waals surface area contributed by atoms with Crippen LogP contribution < -0.4 is 16.3 Å². The molecule has 0 spiro atoms. The maximum absolute atomic E-state index is 11.8. The number of hydrogen-bond donors (Lipinski definition) is 2. The third-order valence-corrected chi connectivity index (χ3v) is 4.42. The van der Waals surface area contributed by atoms with Gasteiger partial charge in [-0.05, 0) is 24.5 Å². The third kappa shape index (κ3) is 4.93. The monoisotopic (exact) mass is 372 g/mol. The maximum atomic E-state index is 11.8. The van der Waals surface area contributed by atoms with Gasteiger partial charge in [0.25, 0.3) is 5.56 Å². The molecule has 1 aliphatic heterocycles. The zero-order valence-electron chi connectivity index (χ0n) is 13.9. The summed E-state index contributed by atoms with van der Waals surface area (Å²) in [5.74, 6) is -0.558. The Morgan fingerprint density at radius 3 is 2.88 bits per heavy atom. The second kappa shape index (κ2) is 8.30. The van der Waals surface area contributed by atoms with Crippen LogP contribution in [0.1, 0.15) is 18.7 Å². The molecule has 2 N–H and O–H groups in total. The van der Waals surface area contributed by atoms with E-state index in [2.05, 4.69) is 14.8 Å². The molecule has 1 unspecified atom stereocenters. The topological polar surface area (TPSA) is 129 Å². The van der Waals surface area contributed by atoms with Crippen molar-refractivity contribution in [2.75, 3.05) is 13.7 Å². The number of nitrogens with zero attached hydrogens (tertiary/aromatic N) is 1. The first-order chi connectivity index (χ1) is 11.8. The number of esters is 1. The van der Waals surface area contributed by atoms with Crippen LogP contribution in [0.5, 0.6) is 0 Å². The van der Waals surface area contributed by atoms with Crippen molar-refractivity contribution in [2.45, 2.75) is 32.2 Å². The van der Waals surface area contributed by atoms with Gasteiger partial charge in [-0.25, -0.2) is 4.79 Å². The molecule has 0 bridgehead atoms. The molecule has 0 aliphatic carbocycles. The number of aromatic amines is 1. The Morgan fingerprint density at radius 1 is 1.48 bits per heavy atom. The molecule has 25 heavy (non-hydrogen) atoms. The Bertz CT molecular complexity index is 800. The van der Waals surface area contributed by atoms with Gasteiger partial charge in [-0.3, -0.25) is 19.1 Å². The van der Waals surface area contributed by atoms with Crippen molar-refractivity contribution in [3.05, 3.63) is 44.8 Å². The van der Waals surface area contributed by atoms with E-state index in [1.807, 2.05) is 0 Å². The van der Waals surface area contributed by atoms with E-state index in [4.69, 9.17) is 9.26 Å². The quantitative estimate of drug-likeness (QED) is 0.392. The molecule has 1 aromatic rings. The van der Waals surface area contributed by atoms with E-state index in [1.54, 1.807) is 19.1 Å². The molecule has 0 fully saturated rings. The van der Waals surface area contributed by atoms with Gasteiger partial charge in [0.1, 0.15) is 18.8 Å². The number of nitrogens with one attached hydrogen (secondary N) is 2. The van der Waals surface area contributed by atoms with Crippen molar-refractivity contribution in [3.63, 3.8) is 0 Å². The van der Waals surface area contributed by atoms with Gasteiger partial charge in [0, 0.05) is 11.8 Å². The van der Waals surface area contributed by atoms with E-state index in [1.165, 1.54) is 24.8 Å². The van der Waals surface area contributed by atoms with Gasteiger partial charge in [-0.1, -0.05) is 11.2 Å². The minimum atomic E-state index is -2.29. The maximum Gasteiger partial charge on any atom is 0.613 e. The second-order valence-corrected chi connectivity index (χ2v) is 6.39. The average molecular weight is 372 g/mol. The standard InChI is InChI=1S/C14H18N3O7P/c1-8-6-17(14(20)15-12(8)18)11-5-4-10(24-11)7-23-25(21)16-9(2)13(19)22-3/h4-6,9-11H,7H2,1-3H3,(H-,15,16,18,20,21)/p+1/t9-,10-,11+/m0/s1. The van der Waals surface area contributed by atoms with Gasteiger partial charge in [-0.15, -0.1) is 4.52 Å². The van der Waals surface area contributed by atoms with Crippen molar-refractivity contribution in [1.29, 1.82) is 0 Å². The number of aromatic nitrogens is 2. The molecule has 0 radical (unpaired) electrons. The van der Waals surface area contributed by atoms with Gasteiger partial charge >= 0.3 is 19.8 Å². The van der Waals surface area contributed by atoms with Crippen LogP contribution in [0.15, 0.2) is 27.9 Å². The van der Waals surface area contributed by atoms with E-state index < -0.39 is 43.8 Å². The fraction of sp³-hybridized carbons (Fsp3) is 0.500. The zero-order valence-corrected chi connectivity index (χ0v) is 14.8. The van der Waals surface area contributed by atoms with Crippen LogP contribution in [0.2, 0.25) is 0 Å². The summed E-state index contributed by atoms with van der Waals surface area (Å²) >= 11 is 0. The Labute approximate surface area is 143 Å². The number of carbonyl (C=O) groups is 1. The molecule has 0 aromatic carbocycles. The SMILES string of the molecule is COC(=O)[C@H](C)N[P+](=O)OC[C@@H]1C=C[C@H](n2cc(C)c(=O)[nH]c2=O)O1. The van der Waals surface area contributed by atoms with Crippen LogP contribution in [-0.2, 0) is 23.4 Å². The number of aryl methyl sites for hydroxylation is 1. The Morgan fingerprint density at radius 2 is 2.20 bits per heavy atom. The zero-order chi connectivity index (χ0) is 18.6. The van der Waals surface area contributed by atoms with Crippen molar-refractivity contribution >= 4 is 14.1 Å². The number of methoxy groups -OCH3 is 1. The van der Waals surface area contributed by atoms with Crippen LogP contribution in [-0.4, -0.2) is 41.4 Å². The molecule has 0 saturated carbocycles. The van der Waals surface area contributed by atoms with E-state index in [0.29, 0.717) is 5.56 Å². The normalized spacial score (nSPS) is 21.2. The summed E-state index contributed by atoms with van der Waals surface area (Å²) in [6.45, 7) is 3.03. The molecule has 2 heterocycles. The number of rotatable bonds is 7. The Kier molecular flexibility index (Phi) is 6.38. The summed E-state index contributed by atoms with van der Waals surface area (Å²) in [6.07, 6.45) is 3.46. The highest BCUT2D eigenvalue weighted by atomic mass is 31.1. The molecule has 1 aliphatic rings. The van der Waals surface area contributed by atoms with Crippen LogP contribution in [0.3, 0.4) is 0 Å². The predicted octanol–water partition coefficient (Wildman–Crippen LogP) is 0.124. The first-order valence-electron chi connectivity index (χ1n) is 7.42. The molecule has 0 saturated heterocycles. The first-order valence-corrected chi connectivity index (χ1v) is 8.59. The summed E-state index contributed by atoms with van der Waals surface area (Å²) in [5, 5.41) is 2.46. The molecule has 0 amide bonds. The predicted molar refractivity (Wildman–Crippen MR) is 87.3 cm³/mol. The lowest BCUT2D eigenvalue weighted by atomic mass is 10.3. The van der Waals surface area contributed by atoms with Crippen LogP contribution in [0, 0.1) is 6.92 Å². The third-order valence-electron chi connectivity index (χ3n) is 3.43. The van der Waals surface area contributed by atoms with Crippen molar-refractivity contribution in [3.8, 4) is 0 Å². The van der Waals surface area contributed by atoms with Crippen LogP contribution >= 0.6 is 8.18 Å². The number of carbonyl (C=O) groups excluding carboxylic acids is 1. The van der Waals surface area contributed by atoms with Crippen molar-refractivity contribution in [2.24, 2.45) is 0 Å². The fourth-order valence-electron chi connectivity index (χ4n) is 2.08. The summed E-state index contributed by atoms with van der Waals surface area (Å²) in [7, 11) is -1.06. The Hall–Kier alpha value is -2.13.